The van der Waals surface area contributed by atoms with Gasteiger partial charge in [-0.3, -0.25) is 0 Å². The van der Waals surface area contributed by atoms with Gasteiger partial charge >= 0.3 is 0 Å². The van der Waals surface area contributed by atoms with E-state index in [4.69, 9.17) is 4.52 Å². The molecule has 0 aliphatic carbocycles. The Morgan fingerprint density at radius 3 is 2.71 bits per heavy atom. The van der Waals surface area contributed by atoms with Crippen molar-refractivity contribution in [1.29, 1.82) is 0 Å². The lowest BCUT2D eigenvalue weighted by Gasteiger charge is -2.20. The first-order chi connectivity index (χ1) is 6.58. The van der Waals surface area contributed by atoms with Crippen molar-refractivity contribution in [2.75, 3.05) is 13.1 Å². The van der Waals surface area contributed by atoms with Crippen LogP contribution >= 0.6 is 0 Å². The smallest absolute Gasteiger partial charge is 0.124 e. The second kappa shape index (κ2) is 5.12. The van der Waals surface area contributed by atoms with Crippen LogP contribution in [0, 0.1) is 0 Å². The summed E-state index contributed by atoms with van der Waals surface area (Å²) in [5.74, 6) is 0. The summed E-state index contributed by atoms with van der Waals surface area (Å²) in [5.41, 5.74) is 1.14. The predicted octanol–water partition coefficient (Wildman–Crippen LogP) is 1.15. The highest BCUT2D eigenvalue weighted by atomic mass is 16.5. The second-order valence-electron chi connectivity index (χ2n) is 4.34. The van der Waals surface area contributed by atoms with Gasteiger partial charge in [-0.25, -0.2) is 0 Å². The zero-order valence-corrected chi connectivity index (χ0v) is 9.13. The summed E-state index contributed by atoms with van der Waals surface area (Å²) >= 11 is 0. The number of nitrogens with zero attached hydrogens (tertiary/aromatic N) is 1. The van der Waals surface area contributed by atoms with E-state index in [1.54, 1.807) is 6.26 Å². The molecule has 1 heterocycles. The van der Waals surface area contributed by atoms with Gasteiger partial charge in [0.1, 0.15) is 6.26 Å². The van der Waals surface area contributed by atoms with Crippen LogP contribution in [0.4, 0.5) is 0 Å². The van der Waals surface area contributed by atoms with Crippen LogP contribution in [0.25, 0.3) is 0 Å². The predicted molar refractivity (Wildman–Crippen MR) is 56.0 cm³/mol. The van der Waals surface area contributed by atoms with Crippen molar-refractivity contribution in [1.82, 2.24) is 15.8 Å². The van der Waals surface area contributed by atoms with Gasteiger partial charge < -0.3 is 15.2 Å². The van der Waals surface area contributed by atoms with Gasteiger partial charge in [-0.1, -0.05) is 5.16 Å². The zero-order chi connectivity index (χ0) is 10.4. The maximum atomic E-state index is 4.72. The Bertz CT molecular complexity index is 238. The fourth-order valence-corrected chi connectivity index (χ4v) is 1.07. The zero-order valence-electron chi connectivity index (χ0n) is 9.13. The molecule has 0 atom stereocenters. The van der Waals surface area contributed by atoms with E-state index in [-0.39, 0.29) is 5.54 Å². The number of hydrogen-bond acceptors (Lipinski definition) is 4. The Morgan fingerprint density at radius 2 is 2.14 bits per heavy atom. The van der Waals surface area contributed by atoms with Gasteiger partial charge in [0.2, 0.25) is 0 Å². The lowest BCUT2D eigenvalue weighted by molar-refractivity contribution is 0.403. The molecule has 0 aromatic carbocycles. The summed E-state index contributed by atoms with van der Waals surface area (Å²) in [6, 6.07) is 1.87. The summed E-state index contributed by atoms with van der Waals surface area (Å²) in [7, 11) is 0. The van der Waals surface area contributed by atoms with Crippen molar-refractivity contribution in [3.05, 3.63) is 18.0 Å². The summed E-state index contributed by atoms with van der Waals surface area (Å²) < 4.78 is 4.72. The van der Waals surface area contributed by atoms with Crippen molar-refractivity contribution in [2.45, 2.75) is 32.9 Å². The quantitative estimate of drug-likeness (QED) is 0.695. The van der Waals surface area contributed by atoms with Gasteiger partial charge in [0.05, 0.1) is 5.69 Å². The van der Waals surface area contributed by atoms with E-state index in [9.17, 15) is 0 Å². The van der Waals surface area contributed by atoms with Gasteiger partial charge in [0.15, 0.2) is 0 Å². The highest BCUT2D eigenvalue weighted by Gasteiger charge is 2.06. The van der Waals surface area contributed by atoms with E-state index in [1.807, 2.05) is 6.07 Å². The Balaban J connectivity index is 2.00. The maximum absolute atomic E-state index is 4.72. The average Bonchev–Trinajstić information content (AvgIpc) is 2.54. The van der Waals surface area contributed by atoms with Gasteiger partial charge in [0.25, 0.3) is 0 Å². The summed E-state index contributed by atoms with van der Waals surface area (Å²) in [6.07, 6.45) is 1.59. The molecule has 1 aromatic rings. The van der Waals surface area contributed by atoms with Crippen LogP contribution in [0.1, 0.15) is 26.5 Å². The third kappa shape index (κ3) is 4.99. The van der Waals surface area contributed by atoms with E-state index >= 15 is 0 Å². The van der Waals surface area contributed by atoms with Crippen molar-refractivity contribution >= 4 is 0 Å². The lowest BCUT2D eigenvalue weighted by Crippen LogP contribution is -2.40. The Morgan fingerprint density at radius 1 is 1.36 bits per heavy atom. The number of rotatable bonds is 5. The van der Waals surface area contributed by atoms with E-state index in [1.165, 1.54) is 0 Å². The first kappa shape index (κ1) is 11.2. The van der Waals surface area contributed by atoms with Crippen LogP contribution in [-0.4, -0.2) is 23.8 Å². The lowest BCUT2D eigenvalue weighted by atomic mass is 10.1. The van der Waals surface area contributed by atoms with Crippen LogP contribution in [0.2, 0.25) is 0 Å². The fourth-order valence-electron chi connectivity index (χ4n) is 1.07. The third-order valence-electron chi connectivity index (χ3n) is 1.75. The molecule has 0 saturated heterocycles. The molecule has 0 radical (unpaired) electrons. The topological polar surface area (TPSA) is 50.1 Å². The summed E-state index contributed by atoms with van der Waals surface area (Å²) in [6.45, 7) is 9.13. The molecular formula is C10H19N3O. The minimum atomic E-state index is 0.190. The third-order valence-corrected chi connectivity index (χ3v) is 1.75. The van der Waals surface area contributed by atoms with Gasteiger partial charge in [0, 0.05) is 31.2 Å². The van der Waals surface area contributed by atoms with Crippen LogP contribution in [0.5, 0.6) is 0 Å². The number of hydrogen-bond donors (Lipinski definition) is 2. The van der Waals surface area contributed by atoms with E-state index < -0.39 is 0 Å². The molecule has 0 saturated carbocycles. The average molecular weight is 197 g/mol. The Hall–Kier alpha value is -0.870. The maximum Gasteiger partial charge on any atom is 0.124 e. The molecule has 4 nitrogen and oxygen atoms in total. The Kier molecular flexibility index (Phi) is 4.10. The highest BCUT2D eigenvalue weighted by molar-refractivity contribution is 4.94. The standard InChI is InChI=1S/C10H19N3O/c1-10(2,3)12-6-5-11-8-9-4-7-14-13-9/h4,7,11-12H,5-6,8H2,1-3H3. The van der Waals surface area contributed by atoms with Gasteiger partial charge in [-0.15, -0.1) is 0 Å². The molecule has 0 unspecified atom stereocenters. The molecule has 1 rings (SSSR count). The first-order valence-electron chi connectivity index (χ1n) is 4.93. The van der Waals surface area contributed by atoms with Crippen LogP contribution in [0.15, 0.2) is 16.9 Å². The molecule has 1 aromatic heterocycles. The molecule has 14 heavy (non-hydrogen) atoms. The monoisotopic (exact) mass is 197 g/mol. The number of aromatic nitrogens is 1. The largest absolute Gasteiger partial charge is 0.364 e. The van der Waals surface area contributed by atoms with Gasteiger partial charge in [-0.2, -0.15) is 0 Å². The van der Waals surface area contributed by atoms with Crippen LogP contribution in [0.3, 0.4) is 0 Å². The van der Waals surface area contributed by atoms with Crippen molar-refractivity contribution in [2.24, 2.45) is 0 Å². The highest BCUT2D eigenvalue weighted by Crippen LogP contribution is 1.96. The molecule has 0 spiro atoms. The van der Waals surface area contributed by atoms with Crippen molar-refractivity contribution in [3.8, 4) is 0 Å². The normalized spacial score (nSPS) is 11.9. The van der Waals surface area contributed by atoms with Crippen molar-refractivity contribution in [3.63, 3.8) is 0 Å². The van der Waals surface area contributed by atoms with E-state index in [0.29, 0.717) is 0 Å². The number of nitrogens with one attached hydrogen (secondary N) is 2. The molecule has 0 aliphatic heterocycles. The van der Waals surface area contributed by atoms with Crippen LogP contribution < -0.4 is 10.6 Å². The molecule has 80 valence electrons. The molecule has 2 N–H and O–H groups in total. The van der Waals surface area contributed by atoms with E-state index in [2.05, 4.69) is 36.6 Å². The molecular weight excluding hydrogens is 178 g/mol. The molecule has 0 bridgehead atoms. The molecule has 0 amide bonds. The van der Waals surface area contributed by atoms with E-state index in [0.717, 1.165) is 25.3 Å². The fraction of sp³-hybridized carbons (Fsp3) is 0.700. The minimum Gasteiger partial charge on any atom is -0.364 e. The molecule has 0 aliphatic rings. The summed E-state index contributed by atoms with van der Waals surface area (Å²) in [4.78, 5) is 0. The second-order valence-corrected chi connectivity index (χ2v) is 4.34. The van der Waals surface area contributed by atoms with Crippen LogP contribution in [-0.2, 0) is 6.54 Å². The molecule has 0 fully saturated rings. The first-order valence-corrected chi connectivity index (χ1v) is 4.93. The summed E-state index contributed by atoms with van der Waals surface area (Å²) in [5, 5.41) is 10.5. The minimum absolute atomic E-state index is 0.190. The van der Waals surface area contributed by atoms with Crippen molar-refractivity contribution < 1.29 is 4.52 Å². The molecule has 4 heteroatoms. The Labute approximate surface area is 85.1 Å². The van der Waals surface area contributed by atoms with Gasteiger partial charge in [-0.05, 0) is 20.8 Å². The SMILES string of the molecule is CC(C)(C)NCCNCc1ccon1.